The van der Waals surface area contributed by atoms with Crippen LogP contribution in [0.1, 0.15) is 0 Å². The van der Waals surface area contributed by atoms with Gasteiger partial charge in [-0.2, -0.15) is 0 Å². The molecule has 4 rings (SSSR count). The van der Waals surface area contributed by atoms with E-state index < -0.39 is 0 Å². The SMILES string of the molecule is Cl.Cl.NCCN=c1c2[nH][se][nH]c2c(=NCCN)c2c(=O)c3ccccc3c(=O)c12. The van der Waals surface area contributed by atoms with E-state index in [-0.39, 0.29) is 50.6 Å². The van der Waals surface area contributed by atoms with Gasteiger partial charge in [-0.05, 0) is 0 Å². The van der Waals surface area contributed by atoms with Gasteiger partial charge in [-0.3, -0.25) is 0 Å². The second-order valence-electron chi connectivity index (χ2n) is 6.05. The number of H-pyrrole nitrogens is 2. The Morgan fingerprint density at radius 1 is 0.793 bits per heavy atom. The van der Waals surface area contributed by atoms with E-state index in [4.69, 9.17) is 11.5 Å². The fourth-order valence-electron chi connectivity index (χ4n) is 3.31. The summed E-state index contributed by atoms with van der Waals surface area (Å²) in [5.74, 6) is 0. The van der Waals surface area contributed by atoms with Crippen LogP contribution in [-0.4, -0.2) is 49.1 Å². The fraction of sp³-hybridized carbons (Fsp3) is 0.222. The monoisotopic (exact) mass is 502 g/mol. The summed E-state index contributed by atoms with van der Waals surface area (Å²) in [5.41, 5.74) is 12.2. The van der Waals surface area contributed by atoms with Crippen LogP contribution in [0.15, 0.2) is 43.8 Å². The Hall–Kier alpha value is -2.00. The Morgan fingerprint density at radius 2 is 1.21 bits per heavy atom. The van der Waals surface area contributed by atoms with Crippen molar-refractivity contribution in [2.75, 3.05) is 26.2 Å². The number of nitrogens with two attached hydrogens (primary N) is 2. The van der Waals surface area contributed by atoms with E-state index in [9.17, 15) is 9.59 Å². The normalized spacial score (nSPS) is 12.5. The molecule has 0 saturated carbocycles. The Balaban J connectivity index is 0.00000150. The van der Waals surface area contributed by atoms with Crippen LogP contribution in [-0.2, 0) is 0 Å². The van der Waals surface area contributed by atoms with Crippen molar-refractivity contribution in [3.05, 3.63) is 55.4 Å². The van der Waals surface area contributed by atoms with E-state index >= 15 is 0 Å². The number of rotatable bonds is 4. The molecule has 29 heavy (non-hydrogen) atoms. The molecule has 0 bridgehead atoms. The molecule has 0 fully saturated rings. The molecule has 0 unspecified atom stereocenters. The summed E-state index contributed by atoms with van der Waals surface area (Å²) in [7, 11) is 0. The molecular formula is C18H20Cl2N6O2Se. The molecule has 3 aromatic carbocycles. The summed E-state index contributed by atoms with van der Waals surface area (Å²) >= 11 is -0.120. The average molecular weight is 502 g/mol. The molecular weight excluding hydrogens is 482 g/mol. The zero-order chi connectivity index (χ0) is 19.0. The molecule has 0 atom stereocenters. The number of hydrogen-bond donors (Lipinski definition) is 4. The van der Waals surface area contributed by atoms with Crippen molar-refractivity contribution in [1.82, 2.24) is 7.96 Å². The summed E-state index contributed by atoms with van der Waals surface area (Å²) in [5, 5.41) is 2.34. The predicted molar refractivity (Wildman–Crippen MR) is 122 cm³/mol. The molecule has 0 spiro atoms. The third kappa shape index (κ3) is 3.77. The van der Waals surface area contributed by atoms with Gasteiger partial charge in [-0.25, -0.2) is 0 Å². The van der Waals surface area contributed by atoms with Crippen LogP contribution in [0.5, 0.6) is 0 Å². The number of halogens is 2. The minimum atomic E-state index is -0.218. The van der Waals surface area contributed by atoms with Gasteiger partial charge in [0.2, 0.25) is 0 Å². The molecule has 0 aliphatic carbocycles. The number of nitrogens with zero attached hydrogens (tertiary/aromatic N) is 2. The number of nitrogens with one attached hydrogen (secondary N) is 2. The number of aromatic nitrogens is 2. The minimum absolute atomic E-state index is 0. The second kappa shape index (κ2) is 9.67. The van der Waals surface area contributed by atoms with E-state index in [1.54, 1.807) is 24.3 Å². The summed E-state index contributed by atoms with van der Waals surface area (Å²) in [6, 6.07) is 6.85. The first-order chi connectivity index (χ1) is 13.2. The summed E-state index contributed by atoms with van der Waals surface area (Å²) in [6.45, 7) is 1.41. The Labute approximate surface area is 183 Å². The van der Waals surface area contributed by atoms with Gasteiger partial charge in [-0.1, -0.05) is 0 Å². The summed E-state index contributed by atoms with van der Waals surface area (Å²) < 4.78 is 6.53. The maximum atomic E-state index is 13.3. The number of benzene rings is 3. The molecule has 0 amide bonds. The van der Waals surface area contributed by atoms with E-state index in [1.807, 2.05) is 0 Å². The van der Waals surface area contributed by atoms with Crippen LogP contribution in [0.25, 0.3) is 32.6 Å². The van der Waals surface area contributed by atoms with Gasteiger partial charge in [0.25, 0.3) is 0 Å². The van der Waals surface area contributed by atoms with Gasteiger partial charge in [-0.15, -0.1) is 24.8 Å². The van der Waals surface area contributed by atoms with Crippen molar-refractivity contribution in [2.45, 2.75) is 0 Å². The van der Waals surface area contributed by atoms with Crippen LogP contribution < -0.4 is 33.0 Å². The van der Waals surface area contributed by atoms with Crippen LogP contribution in [0, 0.1) is 0 Å². The van der Waals surface area contributed by atoms with Crippen molar-refractivity contribution in [3.8, 4) is 0 Å². The third-order valence-corrected chi connectivity index (χ3v) is 5.71. The first-order valence-corrected chi connectivity index (χ1v) is 10.3. The number of fused-ring (bicyclic) bond motifs is 3. The third-order valence-electron chi connectivity index (χ3n) is 4.42. The van der Waals surface area contributed by atoms with Crippen LogP contribution in [0.4, 0.5) is 0 Å². The molecule has 0 radical (unpaired) electrons. The first-order valence-electron chi connectivity index (χ1n) is 8.54. The number of hydrogen-bond acceptors (Lipinski definition) is 6. The second-order valence-corrected chi connectivity index (χ2v) is 7.33. The van der Waals surface area contributed by atoms with Crippen LogP contribution in [0.3, 0.4) is 0 Å². The van der Waals surface area contributed by atoms with Gasteiger partial charge in [0.05, 0.1) is 0 Å². The van der Waals surface area contributed by atoms with Crippen LogP contribution in [0.2, 0.25) is 0 Å². The topological polar surface area (TPSA) is 142 Å². The predicted octanol–water partition coefficient (Wildman–Crippen LogP) is -0.420. The molecule has 1 heterocycles. The quantitative estimate of drug-likeness (QED) is 0.222. The number of aromatic amines is 2. The molecule has 154 valence electrons. The molecule has 0 aliphatic heterocycles. The summed E-state index contributed by atoms with van der Waals surface area (Å²) in [4.78, 5) is 35.7. The van der Waals surface area contributed by atoms with Gasteiger partial charge in [0, 0.05) is 0 Å². The molecule has 6 N–H and O–H groups in total. The molecule has 1 aromatic heterocycles. The molecule has 11 heteroatoms. The van der Waals surface area contributed by atoms with E-state index in [0.29, 0.717) is 69.5 Å². The van der Waals surface area contributed by atoms with E-state index in [0.717, 1.165) is 0 Å². The van der Waals surface area contributed by atoms with Gasteiger partial charge in [0.1, 0.15) is 0 Å². The molecule has 4 aromatic rings. The van der Waals surface area contributed by atoms with Gasteiger partial charge >= 0.3 is 159 Å². The van der Waals surface area contributed by atoms with Crippen molar-refractivity contribution in [1.29, 1.82) is 0 Å². The van der Waals surface area contributed by atoms with Crippen molar-refractivity contribution in [2.24, 2.45) is 21.5 Å². The van der Waals surface area contributed by atoms with Crippen molar-refractivity contribution in [3.63, 3.8) is 0 Å². The van der Waals surface area contributed by atoms with Gasteiger partial charge in [0.15, 0.2) is 0 Å². The Morgan fingerprint density at radius 3 is 1.59 bits per heavy atom. The molecule has 0 saturated heterocycles. The van der Waals surface area contributed by atoms with E-state index in [2.05, 4.69) is 17.9 Å². The zero-order valence-corrected chi connectivity index (χ0v) is 18.6. The molecule has 0 aliphatic rings. The average Bonchev–Trinajstić information content (AvgIpc) is 3.18. The van der Waals surface area contributed by atoms with Crippen molar-refractivity contribution >= 4 is 72.4 Å². The zero-order valence-electron chi connectivity index (χ0n) is 15.2. The standard InChI is InChI=1S/C18H18N6O2Se.2ClH/c19-5-7-21-13-11-12(14(22-8-6-20)16-15(13)23-27-24-16)18(26)10-4-2-1-3-9(10)17(11)25;;/h1-4,23-24H,5-8,19-20H2;2*1H. The fourth-order valence-corrected chi connectivity index (χ4v) is 4.68. The summed E-state index contributed by atoms with van der Waals surface area (Å²) in [6.07, 6.45) is 0. The Bertz CT molecular complexity index is 1300. The van der Waals surface area contributed by atoms with Gasteiger partial charge < -0.3 is 0 Å². The Kier molecular flexibility index (Phi) is 7.76. The maximum absolute atomic E-state index is 13.3. The molecule has 8 nitrogen and oxygen atoms in total. The van der Waals surface area contributed by atoms with Crippen LogP contribution >= 0.6 is 24.8 Å². The first kappa shape index (κ1) is 23.3. The van der Waals surface area contributed by atoms with E-state index in [1.165, 1.54) is 0 Å². The van der Waals surface area contributed by atoms with Crippen molar-refractivity contribution < 1.29 is 0 Å².